The first-order chi connectivity index (χ1) is 13.0. The smallest absolute Gasteiger partial charge is 0.409 e. The van der Waals surface area contributed by atoms with Crippen molar-refractivity contribution in [1.82, 2.24) is 10.6 Å². The van der Waals surface area contributed by atoms with Crippen molar-refractivity contribution >= 4 is 29.4 Å². The number of halogens is 3. The Morgan fingerprint density at radius 3 is 2.54 bits per heavy atom. The number of amides is 2. The van der Waals surface area contributed by atoms with Crippen LogP contribution in [-0.4, -0.2) is 49.1 Å². The second-order valence-electron chi connectivity index (χ2n) is 5.47. The molecule has 1 aromatic rings. The van der Waals surface area contributed by atoms with E-state index in [0.29, 0.717) is 5.69 Å². The third-order valence-electron chi connectivity index (χ3n) is 3.22. The first-order valence-electron chi connectivity index (χ1n) is 8.04. The number of hydrogen-bond donors (Lipinski definition) is 5. The average Bonchev–Trinajstić information content (AvgIpc) is 2.58. The standard InChI is InChI=1S/C16H20F3N5O4/c1-2-28-13(26)7-11(16(17,18)19)24-12(25)8-22-14(27)9-4-3-5-10(6-9)23-15(20)21/h3-6,11H,2,7-8H2,1H3,(H,22,27)(H,24,25)(H4,20,21,23). The number of nitrogens with two attached hydrogens (primary N) is 1. The molecular weight excluding hydrogens is 383 g/mol. The van der Waals surface area contributed by atoms with Crippen LogP contribution in [0, 0.1) is 5.41 Å². The lowest BCUT2D eigenvalue weighted by Gasteiger charge is -2.21. The summed E-state index contributed by atoms with van der Waals surface area (Å²) in [5, 5.41) is 13.4. The summed E-state index contributed by atoms with van der Waals surface area (Å²) in [6.07, 6.45) is -5.94. The molecule has 1 rings (SSSR count). The van der Waals surface area contributed by atoms with E-state index >= 15 is 0 Å². The summed E-state index contributed by atoms with van der Waals surface area (Å²) >= 11 is 0. The van der Waals surface area contributed by atoms with Gasteiger partial charge < -0.3 is 26.4 Å². The van der Waals surface area contributed by atoms with E-state index in [0.717, 1.165) is 0 Å². The summed E-state index contributed by atoms with van der Waals surface area (Å²) in [7, 11) is 0. The number of rotatable bonds is 8. The topological polar surface area (TPSA) is 146 Å². The second-order valence-corrected chi connectivity index (χ2v) is 5.47. The van der Waals surface area contributed by atoms with Crippen LogP contribution in [-0.2, 0) is 14.3 Å². The molecule has 0 fully saturated rings. The molecule has 9 nitrogen and oxygen atoms in total. The number of nitrogens with one attached hydrogen (secondary N) is 4. The maximum Gasteiger partial charge on any atom is 0.409 e. The van der Waals surface area contributed by atoms with Gasteiger partial charge in [-0.1, -0.05) is 6.07 Å². The van der Waals surface area contributed by atoms with E-state index in [1.165, 1.54) is 31.2 Å². The first-order valence-corrected chi connectivity index (χ1v) is 8.04. The van der Waals surface area contributed by atoms with Crippen LogP contribution in [0.15, 0.2) is 24.3 Å². The molecule has 0 spiro atoms. The summed E-state index contributed by atoms with van der Waals surface area (Å²) in [5.74, 6) is -3.31. The van der Waals surface area contributed by atoms with Crippen LogP contribution < -0.4 is 21.7 Å². The predicted molar refractivity (Wildman–Crippen MR) is 93.5 cm³/mol. The molecule has 0 aliphatic heterocycles. The van der Waals surface area contributed by atoms with E-state index in [2.05, 4.69) is 15.4 Å². The number of alkyl halides is 3. The Kier molecular flexibility index (Phi) is 8.23. The molecule has 0 heterocycles. The molecule has 6 N–H and O–H groups in total. The molecule has 2 amide bonds. The Hall–Kier alpha value is -3.31. The summed E-state index contributed by atoms with van der Waals surface area (Å²) in [6, 6.07) is 3.33. The van der Waals surface area contributed by atoms with Crippen molar-refractivity contribution < 1.29 is 32.3 Å². The Bertz CT molecular complexity index is 739. The lowest BCUT2D eigenvalue weighted by Crippen LogP contribution is -2.49. The van der Waals surface area contributed by atoms with Crippen molar-refractivity contribution in [3.05, 3.63) is 29.8 Å². The molecule has 28 heavy (non-hydrogen) atoms. The summed E-state index contributed by atoms with van der Waals surface area (Å²) in [6.45, 7) is 0.610. The largest absolute Gasteiger partial charge is 0.466 e. The minimum atomic E-state index is -4.86. The Balaban J connectivity index is 2.65. The number of guanidine groups is 1. The molecule has 1 aromatic carbocycles. The molecule has 0 aliphatic carbocycles. The van der Waals surface area contributed by atoms with Crippen molar-refractivity contribution in [3.8, 4) is 0 Å². The van der Waals surface area contributed by atoms with Gasteiger partial charge >= 0.3 is 12.1 Å². The van der Waals surface area contributed by atoms with Gasteiger partial charge in [-0.05, 0) is 25.1 Å². The van der Waals surface area contributed by atoms with Crippen LogP contribution in [0.1, 0.15) is 23.7 Å². The van der Waals surface area contributed by atoms with E-state index in [9.17, 15) is 27.6 Å². The third kappa shape index (κ3) is 7.93. The Labute approximate surface area is 158 Å². The fourth-order valence-corrected chi connectivity index (χ4v) is 2.04. The molecule has 0 aromatic heterocycles. The molecule has 0 bridgehead atoms. The fraction of sp³-hybridized carbons (Fsp3) is 0.375. The average molecular weight is 403 g/mol. The summed E-state index contributed by atoms with van der Waals surface area (Å²) in [5.41, 5.74) is 5.62. The fourth-order valence-electron chi connectivity index (χ4n) is 2.04. The Morgan fingerprint density at radius 2 is 1.96 bits per heavy atom. The normalized spacial score (nSPS) is 11.9. The number of esters is 1. The number of carbonyl (C=O) groups excluding carboxylic acids is 3. The molecule has 154 valence electrons. The highest BCUT2D eigenvalue weighted by atomic mass is 19.4. The summed E-state index contributed by atoms with van der Waals surface area (Å²) < 4.78 is 43.3. The highest BCUT2D eigenvalue weighted by Crippen LogP contribution is 2.22. The zero-order chi connectivity index (χ0) is 21.3. The van der Waals surface area contributed by atoms with Crippen LogP contribution in [0.5, 0.6) is 0 Å². The number of benzene rings is 1. The minimum absolute atomic E-state index is 0.0923. The number of hydrogen-bond acceptors (Lipinski definition) is 5. The quantitative estimate of drug-likeness (QED) is 0.246. The van der Waals surface area contributed by atoms with Gasteiger partial charge in [0.2, 0.25) is 5.91 Å². The lowest BCUT2D eigenvalue weighted by molar-refractivity contribution is -0.172. The highest BCUT2D eigenvalue weighted by molar-refractivity contribution is 5.98. The SMILES string of the molecule is CCOC(=O)CC(NC(=O)CNC(=O)c1cccc(NC(=N)N)c1)C(F)(F)F. The predicted octanol–water partition coefficient (Wildman–Crippen LogP) is 0.722. The maximum atomic E-state index is 12.9. The highest BCUT2D eigenvalue weighted by Gasteiger charge is 2.42. The monoisotopic (exact) mass is 403 g/mol. The molecule has 0 aliphatic rings. The van der Waals surface area contributed by atoms with E-state index in [1.54, 1.807) is 5.32 Å². The lowest BCUT2D eigenvalue weighted by atomic mass is 10.2. The number of ether oxygens (including phenoxy) is 1. The molecule has 12 heteroatoms. The minimum Gasteiger partial charge on any atom is -0.466 e. The molecule has 0 radical (unpaired) electrons. The van der Waals surface area contributed by atoms with Gasteiger partial charge in [0, 0.05) is 11.3 Å². The second kappa shape index (κ2) is 10.1. The molecule has 1 unspecified atom stereocenters. The van der Waals surface area contributed by atoms with Crippen molar-refractivity contribution in [2.45, 2.75) is 25.6 Å². The van der Waals surface area contributed by atoms with Crippen LogP contribution >= 0.6 is 0 Å². The molecular formula is C16H20F3N5O4. The third-order valence-corrected chi connectivity index (χ3v) is 3.22. The van der Waals surface area contributed by atoms with Crippen molar-refractivity contribution in [2.75, 3.05) is 18.5 Å². The van der Waals surface area contributed by atoms with Gasteiger partial charge in [-0.25, -0.2) is 0 Å². The van der Waals surface area contributed by atoms with E-state index in [-0.39, 0.29) is 18.1 Å². The maximum absolute atomic E-state index is 12.9. The zero-order valence-electron chi connectivity index (χ0n) is 14.9. The van der Waals surface area contributed by atoms with Crippen molar-refractivity contribution in [1.29, 1.82) is 5.41 Å². The van der Waals surface area contributed by atoms with Crippen LogP contribution in [0.3, 0.4) is 0 Å². The van der Waals surface area contributed by atoms with Gasteiger partial charge in [-0.3, -0.25) is 19.8 Å². The van der Waals surface area contributed by atoms with Gasteiger partial charge in [-0.15, -0.1) is 0 Å². The van der Waals surface area contributed by atoms with Crippen LogP contribution in [0.2, 0.25) is 0 Å². The Morgan fingerprint density at radius 1 is 1.29 bits per heavy atom. The molecule has 0 saturated carbocycles. The van der Waals surface area contributed by atoms with Gasteiger partial charge in [0.05, 0.1) is 19.6 Å². The van der Waals surface area contributed by atoms with Gasteiger partial charge in [-0.2, -0.15) is 13.2 Å². The zero-order valence-corrected chi connectivity index (χ0v) is 14.9. The van der Waals surface area contributed by atoms with Gasteiger partial charge in [0.1, 0.15) is 6.04 Å². The first kappa shape index (κ1) is 22.7. The van der Waals surface area contributed by atoms with E-state index < -0.39 is 43.0 Å². The van der Waals surface area contributed by atoms with Crippen molar-refractivity contribution in [3.63, 3.8) is 0 Å². The molecule has 1 atom stereocenters. The van der Waals surface area contributed by atoms with Crippen molar-refractivity contribution in [2.24, 2.45) is 5.73 Å². The van der Waals surface area contributed by atoms with E-state index in [1.807, 2.05) is 0 Å². The summed E-state index contributed by atoms with van der Waals surface area (Å²) in [4.78, 5) is 35.1. The molecule has 0 saturated heterocycles. The number of anilines is 1. The van der Waals surface area contributed by atoms with E-state index in [4.69, 9.17) is 11.1 Å². The van der Waals surface area contributed by atoms with Crippen LogP contribution in [0.4, 0.5) is 18.9 Å². The van der Waals surface area contributed by atoms with Gasteiger partial charge in [0.15, 0.2) is 5.96 Å². The van der Waals surface area contributed by atoms with Gasteiger partial charge in [0.25, 0.3) is 5.91 Å². The number of carbonyl (C=O) groups is 3. The van der Waals surface area contributed by atoms with Crippen LogP contribution in [0.25, 0.3) is 0 Å².